The molecule has 0 aliphatic heterocycles. The fourth-order valence-electron chi connectivity index (χ4n) is 2.83. The van der Waals surface area contributed by atoms with Gasteiger partial charge in [0.05, 0.1) is 15.7 Å². The van der Waals surface area contributed by atoms with Gasteiger partial charge in [-0.05, 0) is 47.5 Å². The van der Waals surface area contributed by atoms with Gasteiger partial charge in [-0.2, -0.15) is 0 Å². The van der Waals surface area contributed by atoms with Crippen LogP contribution in [0.3, 0.4) is 0 Å². The Hall–Kier alpha value is -1.56. The van der Waals surface area contributed by atoms with E-state index in [1.165, 1.54) is 12.1 Å². The molecule has 0 radical (unpaired) electrons. The van der Waals surface area contributed by atoms with E-state index in [9.17, 15) is 13.5 Å². The number of rotatable bonds is 5. The maximum absolute atomic E-state index is 13.1. The standard InChI is InChI=1S/C20H15Cl3O3S/c21-16-9-5-14(6-10-16)20(24,15-7-11-17(22)12-8-15)13-27(25,26)19-4-2-1-3-18(19)23/h1-12,24H,13H2. The quantitative estimate of drug-likeness (QED) is 0.580. The summed E-state index contributed by atoms with van der Waals surface area (Å²) in [5, 5.41) is 12.6. The van der Waals surface area contributed by atoms with Gasteiger partial charge in [0, 0.05) is 10.0 Å². The number of hydrogen-bond donors (Lipinski definition) is 1. The van der Waals surface area contributed by atoms with Crippen LogP contribution in [0.25, 0.3) is 0 Å². The van der Waals surface area contributed by atoms with Crippen LogP contribution in [0, 0.1) is 0 Å². The molecule has 0 aromatic heterocycles. The summed E-state index contributed by atoms with van der Waals surface area (Å²) in [5.41, 5.74) is -1.03. The molecule has 27 heavy (non-hydrogen) atoms. The Bertz CT molecular complexity index is 1000. The van der Waals surface area contributed by atoms with Gasteiger partial charge < -0.3 is 5.11 Å². The summed E-state index contributed by atoms with van der Waals surface area (Å²) in [6.45, 7) is 0. The van der Waals surface area contributed by atoms with E-state index >= 15 is 0 Å². The first-order valence-corrected chi connectivity index (χ1v) is 10.7. The molecule has 3 aromatic rings. The van der Waals surface area contributed by atoms with Crippen LogP contribution in [0.15, 0.2) is 77.7 Å². The zero-order chi connectivity index (χ0) is 19.7. The largest absolute Gasteiger partial charge is 0.379 e. The average molecular weight is 442 g/mol. The van der Waals surface area contributed by atoms with Crippen molar-refractivity contribution in [1.29, 1.82) is 0 Å². The number of halogens is 3. The maximum Gasteiger partial charge on any atom is 0.183 e. The van der Waals surface area contributed by atoms with Gasteiger partial charge in [0.25, 0.3) is 0 Å². The number of aliphatic hydroxyl groups is 1. The van der Waals surface area contributed by atoms with Crippen molar-refractivity contribution in [2.45, 2.75) is 10.5 Å². The normalized spacial score (nSPS) is 12.1. The Kier molecular flexibility index (Phi) is 5.84. The van der Waals surface area contributed by atoms with Crippen LogP contribution in [0.1, 0.15) is 11.1 Å². The van der Waals surface area contributed by atoms with E-state index in [1.807, 2.05) is 0 Å². The lowest BCUT2D eigenvalue weighted by Crippen LogP contribution is -2.36. The highest BCUT2D eigenvalue weighted by Crippen LogP contribution is 2.35. The Morgan fingerprint density at radius 2 is 1.19 bits per heavy atom. The Balaban J connectivity index is 2.14. The first kappa shape index (κ1) is 20.2. The molecule has 140 valence electrons. The Morgan fingerprint density at radius 1 is 0.741 bits per heavy atom. The van der Waals surface area contributed by atoms with Crippen LogP contribution in [0.2, 0.25) is 15.1 Å². The van der Waals surface area contributed by atoms with Crippen molar-refractivity contribution < 1.29 is 13.5 Å². The third kappa shape index (κ3) is 4.31. The molecule has 3 rings (SSSR count). The fraction of sp³-hybridized carbons (Fsp3) is 0.100. The predicted molar refractivity (Wildman–Crippen MR) is 109 cm³/mol. The lowest BCUT2D eigenvalue weighted by atomic mass is 9.88. The van der Waals surface area contributed by atoms with Gasteiger partial charge >= 0.3 is 0 Å². The first-order chi connectivity index (χ1) is 12.7. The van der Waals surface area contributed by atoms with Crippen molar-refractivity contribution in [3.63, 3.8) is 0 Å². The van der Waals surface area contributed by atoms with Crippen LogP contribution in [0.5, 0.6) is 0 Å². The van der Waals surface area contributed by atoms with E-state index in [1.54, 1.807) is 60.7 Å². The van der Waals surface area contributed by atoms with Gasteiger partial charge in [-0.15, -0.1) is 0 Å². The second kappa shape index (κ2) is 7.82. The minimum Gasteiger partial charge on any atom is -0.379 e. The monoisotopic (exact) mass is 440 g/mol. The lowest BCUT2D eigenvalue weighted by Gasteiger charge is -2.29. The topological polar surface area (TPSA) is 54.4 Å². The lowest BCUT2D eigenvalue weighted by molar-refractivity contribution is 0.105. The smallest absolute Gasteiger partial charge is 0.183 e. The second-order valence-corrected chi connectivity index (χ2v) is 9.30. The van der Waals surface area contributed by atoms with Crippen molar-refractivity contribution in [2.24, 2.45) is 0 Å². The molecule has 0 unspecified atom stereocenters. The third-order valence-electron chi connectivity index (χ3n) is 4.21. The van der Waals surface area contributed by atoms with Crippen molar-refractivity contribution in [1.82, 2.24) is 0 Å². The van der Waals surface area contributed by atoms with E-state index in [2.05, 4.69) is 0 Å². The molecule has 0 saturated heterocycles. The fourth-order valence-corrected chi connectivity index (χ4v) is 5.26. The molecule has 0 heterocycles. The van der Waals surface area contributed by atoms with Crippen LogP contribution >= 0.6 is 34.8 Å². The van der Waals surface area contributed by atoms with Crippen LogP contribution in [-0.2, 0) is 15.4 Å². The van der Waals surface area contributed by atoms with E-state index in [4.69, 9.17) is 34.8 Å². The van der Waals surface area contributed by atoms with Gasteiger partial charge in [-0.1, -0.05) is 71.2 Å². The number of benzene rings is 3. The van der Waals surface area contributed by atoms with E-state index < -0.39 is 21.2 Å². The summed E-state index contributed by atoms with van der Waals surface area (Å²) in [7, 11) is -3.91. The molecule has 0 aliphatic carbocycles. The predicted octanol–water partition coefficient (Wildman–Crippen LogP) is 5.36. The van der Waals surface area contributed by atoms with E-state index in [0.717, 1.165) is 0 Å². The molecule has 0 atom stereocenters. The van der Waals surface area contributed by atoms with Crippen LogP contribution in [-0.4, -0.2) is 19.3 Å². The summed E-state index contributed by atoms with van der Waals surface area (Å²) in [5.74, 6) is -0.590. The van der Waals surface area contributed by atoms with Crippen molar-refractivity contribution in [3.8, 4) is 0 Å². The third-order valence-corrected chi connectivity index (χ3v) is 6.98. The molecule has 7 heteroatoms. The summed E-state index contributed by atoms with van der Waals surface area (Å²) in [6, 6.07) is 18.9. The molecule has 0 spiro atoms. The minimum atomic E-state index is -3.91. The van der Waals surface area contributed by atoms with Gasteiger partial charge in [-0.3, -0.25) is 0 Å². The highest BCUT2D eigenvalue weighted by molar-refractivity contribution is 7.91. The molecule has 0 amide bonds. The van der Waals surface area contributed by atoms with Crippen LogP contribution in [0.4, 0.5) is 0 Å². The number of sulfone groups is 1. The highest BCUT2D eigenvalue weighted by atomic mass is 35.5. The van der Waals surface area contributed by atoms with Gasteiger partial charge in [0.1, 0.15) is 5.60 Å². The molecule has 1 N–H and O–H groups in total. The Morgan fingerprint density at radius 3 is 1.63 bits per heavy atom. The molecular weight excluding hydrogens is 427 g/mol. The summed E-state index contributed by atoms with van der Waals surface area (Å²) < 4.78 is 26.1. The van der Waals surface area contributed by atoms with Crippen LogP contribution < -0.4 is 0 Å². The van der Waals surface area contributed by atoms with Gasteiger partial charge in [0.2, 0.25) is 0 Å². The van der Waals surface area contributed by atoms with E-state index in [0.29, 0.717) is 21.2 Å². The molecule has 0 bridgehead atoms. The van der Waals surface area contributed by atoms with E-state index in [-0.39, 0.29) is 9.92 Å². The zero-order valence-corrected chi connectivity index (χ0v) is 17.0. The maximum atomic E-state index is 13.1. The molecular formula is C20H15Cl3O3S. The second-order valence-electron chi connectivity index (χ2n) is 6.06. The molecule has 0 saturated carbocycles. The van der Waals surface area contributed by atoms with Crippen molar-refractivity contribution in [2.75, 3.05) is 5.75 Å². The zero-order valence-electron chi connectivity index (χ0n) is 13.9. The van der Waals surface area contributed by atoms with Gasteiger partial charge in [0.15, 0.2) is 9.84 Å². The SMILES string of the molecule is O=S(=O)(CC(O)(c1ccc(Cl)cc1)c1ccc(Cl)cc1)c1ccccc1Cl. The molecule has 3 aromatic carbocycles. The average Bonchev–Trinajstić information content (AvgIpc) is 2.62. The minimum absolute atomic E-state index is 0.0342. The van der Waals surface area contributed by atoms with Crippen molar-refractivity contribution >= 4 is 44.6 Å². The molecule has 3 nitrogen and oxygen atoms in total. The molecule has 0 fully saturated rings. The summed E-state index contributed by atoms with van der Waals surface area (Å²) in [4.78, 5) is -0.0342. The van der Waals surface area contributed by atoms with Gasteiger partial charge in [-0.25, -0.2) is 8.42 Å². The first-order valence-electron chi connectivity index (χ1n) is 7.94. The summed E-state index contributed by atoms with van der Waals surface area (Å²) in [6.07, 6.45) is 0. The summed E-state index contributed by atoms with van der Waals surface area (Å²) >= 11 is 18.0. The number of hydrogen-bond acceptors (Lipinski definition) is 3. The molecule has 0 aliphatic rings. The highest BCUT2D eigenvalue weighted by Gasteiger charge is 2.38. The Labute approximate surface area is 173 Å². The van der Waals surface area contributed by atoms with Crippen molar-refractivity contribution in [3.05, 3.63) is 99.0 Å².